The summed E-state index contributed by atoms with van der Waals surface area (Å²) in [6.45, 7) is 2.31. The molecule has 1 unspecified atom stereocenters. The van der Waals surface area contributed by atoms with Crippen molar-refractivity contribution in [1.29, 1.82) is 0 Å². The van der Waals surface area contributed by atoms with Crippen LogP contribution in [-0.4, -0.2) is 5.11 Å². The van der Waals surface area contributed by atoms with Crippen LogP contribution < -0.4 is 0 Å². The molecular weight excluding hydrogens is 288 g/mol. The maximum atomic E-state index is 10.0. The molecule has 0 saturated heterocycles. The Morgan fingerprint density at radius 3 is 2.91 bits per heavy atom. The molecule has 0 spiro atoms. The Bertz CT molecular complexity index is 588. The summed E-state index contributed by atoms with van der Waals surface area (Å²) < 4.78 is 0. The van der Waals surface area contributed by atoms with E-state index in [1.54, 1.807) is 0 Å². The van der Waals surface area contributed by atoms with Crippen LogP contribution in [0.5, 0.6) is 5.75 Å². The molecule has 0 amide bonds. The zero-order valence-corrected chi connectivity index (χ0v) is 14.2. The molecule has 2 heteroatoms. The average Bonchev–Trinajstić information content (AvgIpc) is 3.05. The number of hydrogen-bond acceptors (Lipinski definition) is 2. The number of phenols is 1. The molecule has 0 bridgehead atoms. The second kappa shape index (κ2) is 7.32. The van der Waals surface area contributed by atoms with Gasteiger partial charge in [-0.2, -0.15) is 0 Å². The standard InChI is InChI=1S/C20H26OS/c1-2-5-15(9-11-18-7-4-13-22-18)16-10-12-19-17(14-16)6-3-8-20(19)21/h3-4,6-8,13,15-16,21H,2,5,9-12,14H2,1H3/t15?,16-/m0/s1. The van der Waals surface area contributed by atoms with Gasteiger partial charge >= 0.3 is 0 Å². The minimum absolute atomic E-state index is 0.501. The van der Waals surface area contributed by atoms with Crippen LogP contribution in [0.3, 0.4) is 0 Å². The van der Waals surface area contributed by atoms with Crippen molar-refractivity contribution in [3.8, 4) is 5.75 Å². The normalized spacial score (nSPS) is 18.9. The van der Waals surface area contributed by atoms with Gasteiger partial charge in [-0.05, 0) is 72.6 Å². The van der Waals surface area contributed by atoms with Crippen LogP contribution in [0, 0.1) is 11.8 Å². The lowest BCUT2D eigenvalue weighted by molar-refractivity contribution is 0.263. The van der Waals surface area contributed by atoms with Crippen LogP contribution in [0.4, 0.5) is 0 Å². The van der Waals surface area contributed by atoms with Gasteiger partial charge in [0.1, 0.15) is 5.75 Å². The monoisotopic (exact) mass is 314 g/mol. The van der Waals surface area contributed by atoms with E-state index in [4.69, 9.17) is 0 Å². The number of aromatic hydroxyl groups is 1. The number of rotatable bonds is 6. The quantitative estimate of drug-likeness (QED) is 0.735. The maximum Gasteiger partial charge on any atom is 0.119 e. The maximum absolute atomic E-state index is 10.0. The molecule has 2 atom stereocenters. The van der Waals surface area contributed by atoms with Crippen LogP contribution in [0.15, 0.2) is 35.7 Å². The Morgan fingerprint density at radius 2 is 2.14 bits per heavy atom. The summed E-state index contributed by atoms with van der Waals surface area (Å²) in [6.07, 6.45) is 8.59. The molecule has 1 aliphatic rings. The van der Waals surface area contributed by atoms with E-state index in [-0.39, 0.29) is 0 Å². The second-order valence-corrected chi connectivity index (χ2v) is 7.62. The Hall–Kier alpha value is -1.28. The van der Waals surface area contributed by atoms with Crippen LogP contribution in [0.1, 0.15) is 48.6 Å². The first-order chi connectivity index (χ1) is 10.8. The first-order valence-corrected chi connectivity index (χ1v) is 9.48. The van der Waals surface area contributed by atoms with E-state index in [9.17, 15) is 5.11 Å². The molecule has 1 N–H and O–H groups in total. The summed E-state index contributed by atoms with van der Waals surface area (Å²) in [7, 11) is 0. The van der Waals surface area contributed by atoms with Crippen molar-refractivity contribution < 1.29 is 5.11 Å². The molecule has 0 fully saturated rings. The summed E-state index contributed by atoms with van der Waals surface area (Å²) in [4.78, 5) is 1.52. The van der Waals surface area contributed by atoms with Crippen molar-refractivity contribution in [3.63, 3.8) is 0 Å². The van der Waals surface area contributed by atoms with Gasteiger partial charge in [0.15, 0.2) is 0 Å². The smallest absolute Gasteiger partial charge is 0.119 e. The molecule has 2 aromatic rings. The van der Waals surface area contributed by atoms with Crippen molar-refractivity contribution in [2.24, 2.45) is 11.8 Å². The highest BCUT2D eigenvalue weighted by Gasteiger charge is 2.26. The van der Waals surface area contributed by atoms with Crippen LogP contribution in [0.2, 0.25) is 0 Å². The zero-order chi connectivity index (χ0) is 15.4. The summed E-state index contributed by atoms with van der Waals surface area (Å²) >= 11 is 1.89. The lowest BCUT2D eigenvalue weighted by Crippen LogP contribution is -2.23. The highest BCUT2D eigenvalue weighted by atomic mass is 32.1. The van der Waals surface area contributed by atoms with Crippen LogP contribution in [-0.2, 0) is 19.3 Å². The number of phenolic OH excluding ortho intramolecular Hbond substituents is 1. The summed E-state index contributed by atoms with van der Waals surface area (Å²) in [5.41, 5.74) is 2.58. The molecule has 1 nitrogen and oxygen atoms in total. The number of fused-ring (bicyclic) bond motifs is 1. The van der Waals surface area contributed by atoms with Crippen molar-refractivity contribution >= 4 is 11.3 Å². The van der Waals surface area contributed by atoms with Crippen LogP contribution >= 0.6 is 11.3 Å². The topological polar surface area (TPSA) is 20.2 Å². The largest absolute Gasteiger partial charge is 0.508 e. The first kappa shape index (κ1) is 15.6. The predicted molar refractivity (Wildman–Crippen MR) is 94.7 cm³/mol. The molecule has 0 radical (unpaired) electrons. The fraction of sp³-hybridized carbons (Fsp3) is 0.500. The van der Waals surface area contributed by atoms with Gasteiger partial charge in [0.05, 0.1) is 0 Å². The average molecular weight is 314 g/mol. The van der Waals surface area contributed by atoms with Crippen molar-refractivity contribution in [1.82, 2.24) is 0 Å². The molecule has 118 valence electrons. The Labute approximate surface area is 138 Å². The summed E-state index contributed by atoms with van der Waals surface area (Å²) in [5.74, 6) is 2.11. The van der Waals surface area contributed by atoms with Gasteiger partial charge in [0.25, 0.3) is 0 Å². The van der Waals surface area contributed by atoms with E-state index >= 15 is 0 Å². The molecular formula is C20H26OS. The highest BCUT2D eigenvalue weighted by molar-refractivity contribution is 7.09. The third-order valence-electron chi connectivity index (χ3n) is 5.16. The van der Waals surface area contributed by atoms with Gasteiger partial charge in [0, 0.05) is 4.88 Å². The third-order valence-corrected chi connectivity index (χ3v) is 6.10. The molecule has 1 heterocycles. The van der Waals surface area contributed by atoms with E-state index in [2.05, 4.69) is 30.5 Å². The van der Waals surface area contributed by atoms with E-state index in [1.165, 1.54) is 48.1 Å². The number of thiophene rings is 1. The molecule has 1 aromatic carbocycles. The molecule has 0 aliphatic heterocycles. The van der Waals surface area contributed by atoms with E-state index in [0.717, 1.165) is 24.7 Å². The van der Waals surface area contributed by atoms with Crippen molar-refractivity contribution in [2.75, 3.05) is 0 Å². The minimum Gasteiger partial charge on any atom is -0.508 e. The lowest BCUT2D eigenvalue weighted by atomic mass is 9.74. The van der Waals surface area contributed by atoms with Gasteiger partial charge in [-0.25, -0.2) is 0 Å². The SMILES string of the molecule is CCCC(CCc1cccs1)[C@H]1CCc2c(O)cccc2C1. The van der Waals surface area contributed by atoms with E-state index in [0.29, 0.717) is 5.75 Å². The molecule has 22 heavy (non-hydrogen) atoms. The fourth-order valence-corrected chi connectivity index (χ4v) is 4.71. The molecule has 3 rings (SSSR count). The highest BCUT2D eigenvalue weighted by Crippen LogP contribution is 2.37. The fourth-order valence-electron chi connectivity index (χ4n) is 3.99. The molecule has 1 aromatic heterocycles. The van der Waals surface area contributed by atoms with Gasteiger partial charge < -0.3 is 5.11 Å². The van der Waals surface area contributed by atoms with Crippen molar-refractivity contribution in [2.45, 2.75) is 51.9 Å². The Morgan fingerprint density at radius 1 is 1.23 bits per heavy atom. The predicted octanol–water partition coefficient (Wildman–Crippen LogP) is 5.61. The number of aryl methyl sites for hydroxylation is 1. The van der Waals surface area contributed by atoms with Crippen molar-refractivity contribution in [3.05, 3.63) is 51.7 Å². The Balaban J connectivity index is 1.67. The first-order valence-electron chi connectivity index (χ1n) is 8.60. The number of hydrogen-bond donors (Lipinski definition) is 1. The summed E-state index contributed by atoms with van der Waals surface area (Å²) in [5, 5.41) is 12.2. The number of benzene rings is 1. The van der Waals surface area contributed by atoms with Gasteiger partial charge in [-0.1, -0.05) is 38.0 Å². The minimum atomic E-state index is 0.501. The van der Waals surface area contributed by atoms with Gasteiger partial charge in [-0.3, -0.25) is 0 Å². The molecule has 1 aliphatic carbocycles. The second-order valence-electron chi connectivity index (χ2n) is 6.58. The Kier molecular flexibility index (Phi) is 5.20. The van der Waals surface area contributed by atoms with Crippen LogP contribution in [0.25, 0.3) is 0 Å². The molecule has 0 saturated carbocycles. The van der Waals surface area contributed by atoms with E-state index in [1.807, 2.05) is 23.5 Å². The summed E-state index contributed by atoms with van der Waals surface area (Å²) in [6, 6.07) is 10.5. The van der Waals surface area contributed by atoms with Gasteiger partial charge in [0.2, 0.25) is 0 Å². The van der Waals surface area contributed by atoms with E-state index < -0.39 is 0 Å². The lowest BCUT2D eigenvalue weighted by Gasteiger charge is -2.32. The third kappa shape index (κ3) is 3.55. The zero-order valence-electron chi connectivity index (χ0n) is 13.4. The van der Waals surface area contributed by atoms with Gasteiger partial charge in [-0.15, -0.1) is 11.3 Å².